The largest absolute Gasteiger partial charge is 0.340 e. The van der Waals surface area contributed by atoms with Crippen LogP contribution in [0, 0.1) is 20.8 Å². The van der Waals surface area contributed by atoms with Crippen LogP contribution in [-0.2, 0) is 0 Å². The number of benzene rings is 1. The van der Waals surface area contributed by atoms with Crippen molar-refractivity contribution < 1.29 is 9.59 Å². The van der Waals surface area contributed by atoms with Gasteiger partial charge in [0.2, 0.25) is 0 Å². The van der Waals surface area contributed by atoms with E-state index in [1.807, 2.05) is 6.92 Å². The number of aryl methyl sites for hydroxylation is 3. The first kappa shape index (κ1) is 13.7. The van der Waals surface area contributed by atoms with E-state index in [2.05, 4.69) is 20.9 Å². The van der Waals surface area contributed by atoms with E-state index in [0.29, 0.717) is 17.2 Å². The van der Waals surface area contributed by atoms with Gasteiger partial charge in [0.15, 0.2) is 0 Å². The molecule has 0 fully saturated rings. The first-order valence-corrected chi connectivity index (χ1v) is 6.05. The zero-order chi connectivity index (χ0) is 14.7. The molecule has 1 aromatic heterocycles. The third-order valence-electron chi connectivity index (χ3n) is 2.74. The summed E-state index contributed by atoms with van der Waals surface area (Å²) in [6.45, 7) is 5.32. The van der Waals surface area contributed by atoms with Gasteiger partial charge in [-0.1, -0.05) is 17.7 Å². The Labute approximate surface area is 116 Å². The number of hydrogen-bond donors (Lipinski definition) is 2. The Balaban J connectivity index is 2.01. The number of nitrogens with zero attached hydrogens (tertiary/aromatic N) is 3. The molecule has 3 amide bonds. The van der Waals surface area contributed by atoms with Crippen LogP contribution in [0.25, 0.3) is 0 Å². The lowest BCUT2D eigenvalue weighted by Crippen LogP contribution is -2.38. The Morgan fingerprint density at radius 3 is 2.10 bits per heavy atom. The molecule has 20 heavy (non-hydrogen) atoms. The van der Waals surface area contributed by atoms with Gasteiger partial charge in [0, 0.05) is 5.56 Å². The number of nitrogens with one attached hydrogen (secondary N) is 2. The number of hydrogen-bond acceptors (Lipinski definition) is 4. The lowest BCUT2D eigenvalue weighted by molar-refractivity contribution is 0.0966. The van der Waals surface area contributed by atoms with Crippen LogP contribution in [0.3, 0.4) is 0 Å². The fourth-order valence-corrected chi connectivity index (χ4v) is 1.64. The van der Waals surface area contributed by atoms with Crippen LogP contribution in [0.15, 0.2) is 24.3 Å². The molecule has 7 nitrogen and oxygen atoms in total. The number of amides is 3. The molecule has 2 rings (SSSR count). The van der Waals surface area contributed by atoms with Gasteiger partial charge in [0.25, 0.3) is 5.91 Å². The minimum Gasteiger partial charge on any atom is -0.273 e. The Kier molecular flexibility index (Phi) is 3.79. The molecule has 0 aliphatic heterocycles. The van der Waals surface area contributed by atoms with Gasteiger partial charge in [-0.25, -0.2) is 14.9 Å². The molecule has 1 heterocycles. The molecule has 0 spiro atoms. The summed E-state index contributed by atoms with van der Waals surface area (Å²) >= 11 is 0. The highest BCUT2D eigenvalue weighted by Crippen LogP contribution is 2.03. The number of imide groups is 1. The van der Waals surface area contributed by atoms with Gasteiger partial charge in [-0.05, 0) is 32.9 Å². The van der Waals surface area contributed by atoms with Crippen LogP contribution in [0.4, 0.5) is 4.79 Å². The number of rotatable bonds is 2. The predicted octanol–water partition coefficient (Wildman–Crippen LogP) is 1.30. The highest BCUT2D eigenvalue weighted by atomic mass is 16.2. The molecule has 1 aromatic carbocycles. The maximum absolute atomic E-state index is 11.9. The van der Waals surface area contributed by atoms with Crippen molar-refractivity contribution in [3.63, 3.8) is 0 Å². The summed E-state index contributed by atoms with van der Waals surface area (Å²) in [6.07, 6.45) is 0. The molecule has 7 heteroatoms. The molecule has 2 N–H and O–H groups in total. The first-order valence-electron chi connectivity index (χ1n) is 6.05. The van der Waals surface area contributed by atoms with Crippen molar-refractivity contribution in [3.05, 3.63) is 47.0 Å². The minimum absolute atomic E-state index is 0.419. The number of carbonyl (C=O) groups is 2. The van der Waals surface area contributed by atoms with Crippen LogP contribution >= 0.6 is 0 Å². The predicted molar refractivity (Wildman–Crippen MR) is 72.9 cm³/mol. The number of aromatic nitrogens is 3. The Morgan fingerprint density at radius 1 is 1.00 bits per heavy atom. The SMILES string of the molecule is Cc1ccc(C(=O)NC(=O)Nn2c(C)nnc2C)cc1. The average molecular weight is 273 g/mol. The van der Waals surface area contributed by atoms with Crippen molar-refractivity contribution in [1.29, 1.82) is 0 Å². The molecule has 0 saturated carbocycles. The van der Waals surface area contributed by atoms with E-state index in [4.69, 9.17) is 0 Å². The van der Waals surface area contributed by atoms with Crippen molar-refractivity contribution in [2.45, 2.75) is 20.8 Å². The molecule has 0 bridgehead atoms. The van der Waals surface area contributed by atoms with Crippen LogP contribution in [0.5, 0.6) is 0 Å². The van der Waals surface area contributed by atoms with Crippen LogP contribution in [-0.4, -0.2) is 26.8 Å². The van der Waals surface area contributed by atoms with Crippen molar-refractivity contribution in [2.24, 2.45) is 0 Å². The second-order valence-corrected chi connectivity index (χ2v) is 4.39. The lowest BCUT2D eigenvalue weighted by Gasteiger charge is -2.09. The summed E-state index contributed by atoms with van der Waals surface area (Å²) in [5.74, 6) is 0.590. The molecule has 2 aromatic rings. The van der Waals surface area contributed by atoms with Gasteiger partial charge >= 0.3 is 6.03 Å². The summed E-state index contributed by atoms with van der Waals surface area (Å²) in [5.41, 5.74) is 3.95. The van der Waals surface area contributed by atoms with E-state index in [-0.39, 0.29) is 0 Å². The second kappa shape index (κ2) is 5.52. The van der Waals surface area contributed by atoms with E-state index in [1.165, 1.54) is 4.68 Å². The normalized spacial score (nSPS) is 10.2. The van der Waals surface area contributed by atoms with E-state index in [0.717, 1.165) is 5.56 Å². The molecular formula is C13H15N5O2. The average Bonchev–Trinajstić information content (AvgIpc) is 2.71. The topological polar surface area (TPSA) is 88.9 Å². The van der Waals surface area contributed by atoms with Crippen molar-refractivity contribution in [3.8, 4) is 0 Å². The van der Waals surface area contributed by atoms with Gasteiger partial charge in [-0.15, -0.1) is 10.2 Å². The zero-order valence-corrected chi connectivity index (χ0v) is 11.5. The zero-order valence-electron chi connectivity index (χ0n) is 11.5. The van der Waals surface area contributed by atoms with E-state index >= 15 is 0 Å². The van der Waals surface area contributed by atoms with Gasteiger partial charge < -0.3 is 0 Å². The molecule has 0 unspecified atom stereocenters. The summed E-state index contributed by atoms with van der Waals surface area (Å²) in [6, 6.07) is 6.30. The molecule has 0 atom stereocenters. The number of urea groups is 1. The van der Waals surface area contributed by atoms with Gasteiger partial charge in [0.05, 0.1) is 0 Å². The monoisotopic (exact) mass is 273 g/mol. The summed E-state index contributed by atoms with van der Waals surface area (Å²) in [7, 11) is 0. The van der Waals surface area contributed by atoms with Gasteiger partial charge in [-0.2, -0.15) is 0 Å². The van der Waals surface area contributed by atoms with Crippen LogP contribution < -0.4 is 10.7 Å². The van der Waals surface area contributed by atoms with Crippen molar-refractivity contribution >= 4 is 11.9 Å². The second-order valence-electron chi connectivity index (χ2n) is 4.39. The summed E-state index contributed by atoms with van der Waals surface area (Å²) in [5, 5.41) is 9.85. The molecule has 0 saturated heterocycles. The van der Waals surface area contributed by atoms with Gasteiger partial charge in [-0.3, -0.25) is 10.1 Å². The highest BCUT2D eigenvalue weighted by molar-refractivity contribution is 6.06. The summed E-state index contributed by atoms with van der Waals surface area (Å²) < 4.78 is 1.40. The van der Waals surface area contributed by atoms with Crippen LogP contribution in [0.1, 0.15) is 27.6 Å². The quantitative estimate of drug-likeness (QED) is 0.863. The molecule has 104 valence electrons. The highest BCUT2D eigenvalue weighted by Gasteiger charge is 2.12. The standard InChI is InChI=1S/C13H15N5O2/c1-8-4-6-11(7-5-8)12(19)14-13(20)17-18-9(2)15-16-10(18)3/h4-7H,1-3H3,(H2,14,17,19,20). The number of carbonyl (C=O) groups excluding carboxylic acids is 2. The minimum atomic E-state index is -0.637. The fourth-order valence-electron chi connectivity index (χ4n) is 1.64. The fraction of sp³-hybridized carbons (Fsp3) is 0.231. The van der Waals surface area contributed by atoms with E-state index < -0.39 is 11.9 Å². The van der Waals surface area contributed by atoms with Crippen molar-refractivity contribution in [1.82, 2.24) is 20.2 Å². The molecular weight excluding hydrogens is 258 g/mol. The maximum Gasteiger partial charge on any atom is 0.340 e. The maximum atomic E-state index is 11.9. The Bertz CT molecular complexity index is 626. The van der Waals surface area contributed by atoms with E-state index in [1.54, 1.807) is 38.1 Å². The molecule has 0 aliphatic carbocycles. The smallest absolute Gasteiger partial charge is 0.273 e. The summed E-state index contributed by atoms with van der Waals surface area (Å²) in [4.78, 5) is 23.6. The molecule has 0 aliphatic rings. The third kappa shape index (κ3) is 3.00. The van der Waals surface area contributed by atoms with Crippen molar-refractivity contribution in [2.75, 3.05) is 5.43 Å². The molecule has 0 radical (unpaired) electrons. The Hall–Kier alpha value is -2.70. The lowest BCUT2D eigenvalue weighted by atomic mass is 10.1. The van der Waals surface area contributed by atoms with E-state index in [9.17, 15) is 9.59 Å². The van der Waals surface area contributed by atoms with Gasteiger partial charge in [0.1, 0.15) is 11.6 Å². The first-order chi connectivity index (χ1) is 9.47. The third-order valence-corrected chi connectivity index (χ3v) is 2.74. The Morgan fingerprint density at radius 2 is 1.55 bits per heavy atom. The van der Waals surface area contributed by atoms with Crippen LogP contribution in [0.2, 0.25) is 0 Å².